The van der Waals surface area contributed by atoms with Crippen molar-refractivity contribution in [2.45, 2.75) is 6.92 Å². The van der Waals surface area contributed by atoms with E-state index in [1.165, 1.54) is 19.2 Å². The number of rotatable bonds is 5. The van der Waals surface area contributed by atoms with Crippen LogP contribution in [0, 0.1) is 6.92 Å². The van der Waals surface area contributed by atoms with Crippen LogP contribution in [0.25, 0.3) is 0 Å². The van der Waals surface area contributed by atoms with Gasteiger partial charge < -0.3 is 20.5 Å². The molecule has 7 nitrogen and oxygen atoms in total. The third-order valence-corrected chi connectivity index (χ3v) is 3.48. The normalized spacial score (nSPS) is 10.0. The Hall–Kier alpha value is -3.35. The van der Waals surface area contributed by atoms with Gasteiger partial charge in [-0.1, -0.05) is 24.3 Å². The highest BCUT2D eigenvalue weighted by molar-refractivity contribution is 6.02. The first kappa shape index (κ1) is 18.0. The fourth-order valence-corrected chi connectivity index (χ4v) is 2.13. The predicted octanol–water partition coefficient (Wildman–Crippen LogP) is 2.16. The minimum absolute atomic E-state index is 0.197. The second-order valence-corrected chi connectivity index (χ2v) is 5.20. The molecule has 2 rings (SSSR count). The number of nitrogen functional groups attached to an aromatic ring is 1. The van der Waals surface area contributed by atoms with E-state index >= 15 is 0 Å². The van der Waals surface area contributed by atoms with E-state index in [0.29, 0.717) is 5.69 Å². The number of benzene rings is 2. The zero-order chi connectivity index (χ0) is 18.4. The minimum atomic E-state index is -0.697. The molecule has 0 heterocycles. The van der Waals surface area contributed by atoms with Crippen molar-refractivity contribution in [1.29, 1.82) is 0 Å². The van der Waals surface area contributed by atoms with Crippen LogP contribution in [-0.2, 0) is 14.3 Å². The average molecular weight is 342 g/mol. The maximum absolute atomic E-state index is 12.0. The van der Waals surface area contributed by atoms with Crippen LogP contribution < -0.4 is 11.1 Å². The van der Waals surface area contributed by atoms with Crippen LogP contribution in [0.15, 0.2) is 42.5 Å². The summed E-state index contributed by atoms with van der Waals surface area (Å²) >= 11 is 0. The lowest BCUT2D eigenvalue weighted by Gasteiger charge is -2.11. The SMILES string of the molecule is COC(=O)c1ccccc1NC(=O)COC(=O)c1cccc(C)c1N. The van der Waals surface area contributed by atoms with Crippen molar-refractivity contribution < 1.29 is 23.9 Å². The van der Waals surface area contributed by atoms with Gasteiger partial charge in [-0.3, -0.25) is 4.79 Å². The third kappa shape index (κ3) is 4.35. The first-order chi connectivity index (χ1) is 11.9. The van der Waals surface area contributed by atoms with E-state index in [9.17, 15) is 14.4 Å². The van der Waals surface area contributed by atoms with E-state index in [4.69, 9.17) is 10.5 Å². The summed E-state index contributed by atoms with van der Waals surface area (Å²) in [6.07, 6.45) is 0. The van der Waals surface area contributed by atoms with Gasteiger partial charge in [0.05, 0.1) is 23.9 Å². The number of methoxy groups -OCH3 is 1. The molecule has 0 aromatic heterocycles. The molecule has 7 heteroatoms. The molecule has 0 atom stereocenters. The molecule has 0 unspecified atom stereocenters. The summed E-state index contributed by atoms with van der Waals surface area (Å²) in [6, 6.07) is 11.3. The number of amides is 1. The highest BCUT2D eigenvalue weighted by Gasteiger charge is 2.16. The molecule has 0 radical (unpaired) electrons. The quantitative estimate of drug-likeness (QED) is 0.637. The number of nitrogens with one attached hydrogen (secondary N) is 1. The van der Waals surface area contributed by atoms with Crippen molar-refractivity contribution in [2.75, 3.05) is 24.8 Å². The van der Waals surface area contributed by atoms with Crippen LogP contribution in [0.4, 0.5) is 11.4 Å². The molecular formula is C18H18N2O5. The van der Waals surface area contributed by atoms with E-state index < -0.39 is 24.5 Å². The van der Waals surface area contributed by atoms with Gasteiger partial charge in [-0.05, 0) is 30.7 Å². The van der Waals surface area contributed by atoms with Crippen molar-refractivity contribution in [3.05, 3.63) is 59.2 Å². The molecule has 0 bridgehead atoms. The zero-order valence-corrected chi connectivity index (χ0v) is 13.9. The maximum Gasteiger partial charge on any atom is 0.340 e. The Morgan fingerprint density at radius 1 is 1.00 bits per heavy atom. The Morgan fingerprint density at radius 3 is 2.40 bits per heavy atom. The lowest BCUT2D eigenvalue weighted by atomic mass is 10.1. The molecule has 0 aliphatic carbocycles. The van der Waals surface area contributed by atoms with Gasteiger partial charge >= 0.3 is 11.9 Å². The molecule has 25 heavy (non-hydrogen) atoms. The predicted molar refractivity (Wildman–Crippen MR) is 92.3 cm³/mol. The standard InChI is InChI=1S/C18H18N2O5/c1-11-6-5-8-13(16(11)19)18(23)25-10-15(21)20-14-9-4-3-7-12(14)17(22)24-2/h3-9H,10,19H2,1-2H3,(H,20,21). The number of anilines is 2. The Labute approximate surface area is 144 Å². The molecule has 0 aliphatic heterocycles. The molecule has 0 fully saturated rings. The van der Waals surface area contributed by atoms with Crippen molar-refractivity contribution in [3.63, 3.8) is 0 Å². The number of carbonyl (C=O) groups is 3. The molecule has 1 amide bonds. The molecule has 2 aromatic rings. The molecule has 0 saturated heterocycles. The maximum atomic E-state index is 12.0. The smallest absolute Gasteiger partial charge is 0.340 e. The molecule has 2 aromatic carbocycles. The van der Waals surface area contributed by atoms with Crippen molar-refractivity contribution in [1.82, 2.24) is 0 Å². The molecule has 0 aliphatic rings. The molecule has 0 saturated carbocycles. The van der Waals surface area contributed by atoms with Gasteiger partial charge in [0.2, 0.25) is 0 Å². The summed E-state index contributed by atoms with van der Waals surface area (Å²) in [5.74, 6) is -1.87. The second kappa shape index (κ2) is 7.96. The van der Waals surface area contributed by atoms with Crippen LogP contribution >= 0.6 is 0 Å². The van der Waals surface area contributed by atoms with Crippen molar-refractivity contribution >= 4 is 29.2 Å². The second-order valence-electron chi connectivity index (χ2n) is 5.20. The number of hydrogen-bond donors (Lipinski definition) is 2. The third-order valence-electron chi connectivity index (χ3n) is 3.48. The van der Waals surface area contributed by atoms with E-state index in [0.717, 1.165) is 5.56 Å². The fraction of sp³-hybridized carbons (Fsp3) is 0.167. The zero-order valence-electron chi connectivity index (χ0n) is 13.9. The first-order valence-corrected chi connectivity index (χ1v) is 7.43. The van der Waals surface area contributed by atoms with E-state index in [-0.39, 0.29) is 16.8 Å². The summed E-state index contributed by atoms with van der Waals surface area (Å²) in [6.45, 7) is 1.25. The number of hydrogen-bond acceptors (Lipinski definition) is 6. The molecule has 3 N–H and O–H groups in total. The lowest BCUT2D eigenvalue weighted by Crippen LogP contribution is -2.22. The molecule has 130 valence electrons. The number of aryl methyl sites for hydroxylation is 1. The molecule has 0 spiro atoms. The largest absolute Gasteiger partial charge is 0.465 e. The number of esters is 2. The summed E-state index contributed by atoms with van der Waals surface area (Å²) in [4.78, 5) is 35.7. The number of ether oxygens (including phenoxy) is 2. The van der Waals surface area contributed by atoms with Gasteiger partial charge in [0.1, 0.15) is 0 Å². The van der Waals surface area contributed by atoms with Crippen LogP contribution in [0.2, 0.25) is 0 Å². The number of nitrogens with two attached hydrogens (primary N) is 1. The van der Waals surface area contributed by atoms with Crippen LogP contribution in [0.3, 0.4) is 0 Å². The Balaban J connectivity index is 2.01. The van der Waals surface area contributed by atoms with Crippen molar-refractivity contribution in [2.24, 2.45) is 0 Å². The summed E-state index contributed by atoms with van der Waals surface area (Å²) < 4.78 is 9.63. The van der Waals surface area contributed by atoms with E-state index in [1.807, 2.05) is 0 Å². The van der Waals surface area contributed by atoms with Crippen LogP contribution in [-0.4, -0.2) is 31.6 Å². The van der Waals surface area contributed by atoms with E-state index in [1.54, 1.807) is 37.3 Å². The van der Waals surface area contributed by atoms with Crippen LogP contribution in [0.5, 0.6) is 0 Å². The summed E-state index contributed by atoms with van der Waals surface area (Å²) in [7, 11) is 1.25. The number of carbonyl (C=O) groups excluding carboxylic acids is 3. The Kier molecular flexibility index (Phi) is 5.73. The summed E-state index contributed by atoms with van der Waals surface area (Å²) in [5, 5.41) is 2.51. The van der Waals surface area contributed by atoms with Gasteiger partial charge in [-0.25, -0.2) is 9.59 Å². The topological polar surface area (TPSA) is 108 Å². The van der Waals surface area contributed by atoms with E-state index in [2.05, 4.69) is 10.1 Å². The minimum Gasteiger partial charge on any atom is -0.465 e. The van der Waals surface area contributed by atoms with Gasteiger partial charge in [-0.2, -0.15) is 0 Å². The number of para-hydroxylation sites is 2. The van der Waals surface area contributed by atoms with Gasteiger partial charge in [-0.15, -0.1) is 0 Å². The van der Waals surface area contributed by atoms with Gasteiger partial charge in [0.15, 0.2) is 6.61 Å². The summed E-state index contributed by atoms with van der Waals surface area (Å²) in [5.41, 5.74) is 7.55. The first-order valence-electron chi connectivity index (χ1n) is 7.43. The highest BCUT2D eigenvalue weighted by atomic mass is 16.5. The monoisotopic (exact) mass is 342 g/mol. The Morgan fingerprint density at radius 2 is 1.68 bits per heavy atom. The fourth-order valence-electron chi connectivity index (χ4n) is 2.13. The molecular weight excluding hydrogens is 324 g/mol. The van der Waals surface area contributed by atoms with Crippen molar-refractivity contribution in [3.8, 4) is 0 Å². The highest BCUT2D eigenvalue weighted by Crippen LogP contribution is 2.18. The van der Waals surface area contributed by atoms with Gasteiger partial charge in [0, 0.05) is 5.69 Å². The lowest BCUT2D eigenvalue weighted by molar-refractivity contribution is -0.119. The Bertz CT molecular complexity index is 817. The van der Waals surface area contributed by atoms with Gasteiger partial charge in [0.25, 0.3) is 5.91 Å². The van der Waals surface area contributed by atoms with Crippen LogP contribution in [0.1, 0.15) is 26.3 Å². The average Bonchev–Trinajstić information content (AvgIpc) is 2.61.